The van der Waals surface area contributed by atoms with Crippen molar-refractivity contribution in [2.24, 2.45) is 5.73 Å². The third-order valence-electron chi connectivity index (χ3n) is 3.66. The zero-order chi connectivity index (χ0) is 15.5. The van der Waals surface area contributed by atoms with Crippen LogP contribution in [0.1, 0.15) is 39.5 Å². The third-order valence-corrected chi connectivity index (χ3v) is 3.66. The summed E-state index contributed by atoms with van der Waals surface area (Å²) in [7, 11) is 0. The zero-order valence-corrected chi connectivity index (χ0v) is 13.8. The van der Waals surface area contributed by atoms with E-state index in [0.29, 0.717) is 18.7 Å². The van der Waals surface area contributed by atoms with Gasteiger partial charge in [-0.2, -0.15) is 0 Å². The Balaban J connectivity index is 0.00000242. The van der Waals surface area contributed by atoms with Gasteiger partial charge in [0.2, 0.25) is 11.8 Å². The molecule has 3 N–H and O–H groups in total. The molecule has 0 bridgehead atoms. The molecular formula is C15H23ClN4O2. The van der Waals surface area contributed by atoms with Crippen molar-refractivity contribution in [3.8, 4) is 0 Å². The van der Waals surface area contributed by atoms with Gasteiger partial charge in [0.1, 0.15) is 5.82 Å². The maximum atomic E-state index is 12.1. The predicted octanol–water partition coefficient (Wildman–Crippen LogP) is 2.09. The maximum absolute atomic E-state index is 12.1. The van der Waals surface area contributed by atoms with Gasteiger partial charge in [-0.1, -0.05) is 13.3 Å². The first-order valence-corrected chi connectivity index (χ1v) is 7.31. The van der Waals surface area contributed by atoms with E-state index in [0.717, 1.165) is 25.1 Å². The van der Waals surface area contributed by atoms with Gasteiger partial charge in [0.25, 0.3) is 0 Å². The fourth-order valence-electron chi connectivity index (χ4n) is 2.43. The van der Waals surface area contributed by atoms with E-state index in [9.17, 15) is 9.59 Å². The van der Waals surface area contributed by atoms with Crippen LogP contribution >= 0.6 is 12.4 Å². The lowest BCUT2D eigenvalue weighted by Gasteiger charge is -2.22. The third kappa shape index (κ3) is 4.18. The Bertz CT molecular complexity index is 531. The molecule has 0 aromatic carbocycles. The number of hydrogen-bond acceptors (Lipinski definition) is 4. The first kappa shape index (κ1) is 18.4. The maximum Gasteiger partial charge on any atom is 0.245 e. The van der Waals surface area contributed by atoms with Gasteiger partial charge < -0.3 is 16.0 Å². The number of rotatable bonds is 5. The first-order valence-electron chi connectivity index (χ1n) is 7.31. The molecule has 2 rings (SSSR count). The van der Waals surface area contributed by atoms with E-state index in [1.807, 2.05) is 6.92 Å². The van der Waals surface area contributed by atoms with Gasteiger partial charge in [-0.25, -0.2) is 4.98 Å². The van der Waals surface area contributed by atoms with E-state index in [2.05, 4.69) is 10.3 Å². The first-order chi connectivity index (χ1) is 9.94. The highest BCUT2D eigenvalue weighted by Gasteiger charge is 2.27. The Hall–Kier alpha value is -1.66. The highest BCUT2D eigenvalue weighted by molar-refractivity contribution is 5.97. The molecule has 122 valence electrons. The number of nitrogens with one attached hydrogen (secondary N) is 1. The van der Waals surface area contributed by atoms with Crippen LogP contribution in [0.5, 0.6) is 0 Å². The summed E-state index contributed by atoms with van der Waals surface area (Å²) in [4.78, 5) is 29.6. The molecule has 1 atom stereocenters. The van der Waals surface area contributed by atoms with Crippen molar-refractivity contribution in [1.82, 2.24) is 4.98 Å². The molecule has 1 saturated heterocycles. The summed E-state index contributed by atoms with van der Waals surface area (Å²) in [5, 5.41) is 2.72. The summed E-state index contributed by atoms with van der Waals surface area (Å²) in [5.74, 6) is 0.316. The molecule has 6 nitrogen and oxygen atoms in total. The number of nitrogens with zero attached hydrogens (tertiary/aromatic N) is 2. The number of halogens is 1. The summed E-state index contributed by atoms with van der Waals surface area (Å²) in [5.41, 5.74) is 5.83. The number of carbonyl (C=O) groups excluding carboxylic acids is 2. The largest absolute Gasteiger partial charge is 0.318 e. The lowest BCUT2D eigenvalue weighted by molar-refractivity contribution is -0.121. The Morgan fingerprint density at radius 3 is 2.73 bits per heavy atom. The molecule has 1 aromatic rings. The average Bonchev–Trinajstić information content (AvgIpc) is 2.86. The number of amides is 2. The zero-order valence-electron chi connectivity index (χ0n) is 13.0. The SMILES string of the molecule is CCCC(C)(N)C(=O)Nc1ccc(N2CCCC2=O)cn1.Cl. The second-order valence-corrected chi connectivity index (χ2v) is 5.67. The summed E-state index contributed by atoms with van der Waals surface area (Å²) in [6.07, 6.45) is 4.51. The second kappa shape index (κ2) is 7.56. The molecule has 0 radical (unpaired) electrons. The van der Waals surface area contributed by atoms with Gasteiger partial charge in [0.05, 0.1) is 17.4 Å². The fraction of sp³-hybridized carbons (Fsp3) is 0.533. The molecule has 1 aliphatic rings. The number of nitrogens with two attached hydrogens (primary N) is 1. The summed E-state index contributed by atoms with van der Waals surface area (Å²) in [6, 6.07) is 3.49. The van der Waals surface area contributed by atoms with Crippen LogP contribution < -0.4 is 16.0 Å². The molecule has 0 saturated carbocycles. The topological polar surface area (TPSA) is 88.3 Å². The van der Waals surface area contributed by atoms with Crippen LogP contribution in [0.4, 0.5) is 11.5 Å². The van der Waals surface area contributed by atoms with Crippen LogP contribution in [0.2, 0.25) is 0 Å². The van der Waals surface area contributed by atoms with Crippen molar-refractivity contribution in [3.05, 3.63) is 18.3 Å². The van der Waals surface area contributed by atoms with Gasteiger partial charge in [-0.15, -0.1) is 12.4 Å². The van der Waals surface area contributed by atoms with E-state index in [4.69, 9.17) is 5.73 Å². The minimum atomic E-state index is -0.903. The molecule has 0 aliphatic carbocycles. The summed E-state index contributed by atoms with van der Waals surface area (Å²) in [6.45, 7) is 4.42. The monoisotopic (exact) mass is 326 g/mol. The molecule has 7 heteroatoms. The van der Waals surface area contributed by atoms with Crippen molar-refractivity contribution < 1.29 is 9.59 Å². The highest BCUT2D eigenvalue weighted by Crippen LogP contribution is 2.21. The molecule has 22 heavy (non-hydrogen) atoms. The Morgan fingerprint density at radius 2 is 2.23 bits per heavy atom. The smallest absolute Gasteiger partial charge is 0.245 e. The molecular weight excluding hydrogens is 304 g/mol. The number of anilines is 2. The predicted molar refractivity (Wildman–Crippen MR) is 89.2 cm³/mol. The van der Waals surface area contributed by atoms with Crippen molar-refractivity contribution in [2.75, 3.05) is 16.8 Å². The van der Waals surface area contributed by atoms with Crippen LogP contribution in [-0.2, 0) is 9.59 Å². The minimum absolute atomic E-state index is 0. The number of hydrogen-bond donors (Lipinski definition) is 2. The fourth-order valence-corrected chi connectivity index (χ4v) is 2.43. The van der Waals surface area contributed by atoms with Gasteiger partial charge in [0, 0.05) is 13.0 Å². The number of carbonyl (C=O) groups is 2. The molecule has 1 aliphatic heterocycles. The molecule has 0 spiro atoms. The molecule has 1 fully saturated rings. The molecule has 1 aromatic heterocycles. The van der Waals surface area contributed by atoms with Gasteiger partial charge >= 0.3 is 0 Å². The lowest BCUT2D eigenvalue weighted by atomic mass is 9.96. The number of pyridine rings is 1. The van der Waals surface area contributed by atoms with Crippen molar-refractivity contribution in [3.63, 3.8) is 0 Å². The standard InChI is InChI=1S/C15H22N4O2.ClH/c1-3-8-15(2,16)14(21)18-12-7-6-11(10-17-12)19-9-4-5-13(19)20;/h6-7,10H,3-5,8-9,16H2,1-2H3,(H,17,18,21);1H. The average molecular weight is 327 g/mol. The van der Waals surface area contributed by atoms with Crippen LogP contribution in [0.25, 0.3) is 0 Å². The van der Waals surface area contributed by atoms with E-state index >= 15 is 0 Å². The van der Waals surface area contributed by atoms with E-state index in [1.54, 1.807) is 30.2 Å². The normalized spacial score (nSPS) is 16.9. The van der Waals surface area contributed by atoms with E-state index in [1.165, 1.54) is 0 Å². The minimum Gasteiger partial charge on any atom is -0.318 e. The van der Waals surface area contributed by atoms with Crippen LogP contribution in [0, 0.1) is 0 Å². The summed E-state index contributed by atoms with van der Waals surface area (Å²) >= 11 is 0. The van der Waals surface area contributed by atoms with E-state index < -0.39 is 5.54 Å². The van der Waals surface area contributed by atoms with Gasteiger partial charge in [-0.3, -0.25) is 9.59 Å². The van der Waals surface area contributed by atoms with Crippen molar-refractivity contribution in [2.45, 2.75) is 45.1 Å². The highest BCUT2D eigenvalue weighted by atomic mass is 35.5. The number of aromatic nitrogens is 1. The van der Waals surface area contributed by atoms with Crippen molar-refractivity contribution in [1.29, 1.82) is 0 Å². The molecule has 1 unspecified atom stereocenters. The Morgan fingerprint density at radius 1 is 1.50 bits per heavy atom. The Kier molecular flexibility index (Phi) is 6.32. The lowest BCUT2D eigenvalue weighted by Crippen LogP contribution is -2.48. The Labute approximate surface area is 136 Å². The van der Waals surface area contributed by atoms with Gasteiger partial charge in [0.15, 0.2) is 0 Å². The second-order valence-electron chi connectivity index (χ2n) is 5.67. The van der Waals surface area contributed by atoms with E-state index in [-0.39, 0.29) is 24.2 Å². The summed E-state index contributed by atoms with van der Waals surface area (Å²) < 4.78 is 0. The van der Waals surface area contributed by atoms with Gasteiger partial charge in [-0.05, 0) is 31.9 Å². The van der Waals surface area contributed by atoms with Crippen LogP contribution in [0.3, 0.4) is 0 Å². The van der Waals surface area contributed by atoms with Crippen LogP contribution in [0.15, 0.2) is 18.3 Å². The van der Waals surface area contributed by atoms with Crippen LogP contribution in [-0.4, -0.2) is 28.9 Å². The quantitative estimate of drug-likeness (QED) is 0.867. The molecule has 2 amide bonds. The molecule has 2 heterocycles. The van der Waals surface area contributed by atoms with Crippen molar-refractivity contribution >= 4 is 35.7 Å².